The van der Waals surface area contributed by atoms with Gasteiger partial charge in [0.1, 0.15) is 11.8 Å². The Balaban J connectivity index is 1.65. The Hall–Kier alpha value is -4.33. The molecule has 1 saturated heterocycles. The lowest BCUT2D eigenvalue weighted by Crippen LogP contribution is -2.46. The first-order valence-corrected chi connectivity index (χ1v) is 11.5. The van der Waals surface area contributed by atoms with Crippen LogP contribution in [0.5, 0.6) is 17.2 Å². The van der Waals surface area contributed by atoms with Crippen LogP contribution >= 0.6 is 0 Å². The van der Waals surface area contributed by atoms with E-state index < -0.39 is 11.9 Å². The van der Waals surface area contributed by atoms with E-state index in [0.717, 1.165) is 10.5 Å². The lowest BCUT2D eigenvalue weighted by molar-refractivity contribution is -0.122. The largest absolute Gasteiger partial charge is 0.497 e. The summed E-state index contributed by atoms with van der Waals surface area (Å²) in [5, 5.41) is 0. The summed E-state index contributed by atoms with van der Waals surface area (Å²) in [6.07, 6.45) is 0.430. The number of nitrogens with zero attached hydrogens (tertiary/aromatic N) is 2. The topological polar surface area (TPSA) is 85.4 Å². The van der Waals surface area contributed by atoms with Crippen molar-refractivity contribution in [2.24, 2.45) is 0 Å². The second-order valence-corrected chi connectivity index (χ2v) is 8.29. The number of anilines is 1. The average Bonchev–Trinajstić information content (AvgIpc) is 3.22. The Kier molecular flexibility index (Phi) is 7.53. The van der Waals surface area contributed by atoms with E-state index >= 15 is 0 Å². The minimum atomic E-state index is -0.927. The molecule has 1 atom stereocenters. The zero-order valence-corrected chi connectivity index (χ0v) is 20.5. The van der Waals surface area contributed by atoms with Crippen LogP contribution in [0, 0.1) is 0 Å². The molecule has 3 amide bonds. The van der Waals surface area contributed by atoms with E-state index in [9.17, 15) is 14.4 Å². The van der Waals surface area contributed by atoms with E-state index in [4.69, 9.17) is 14.2 Å². The number of hydrogen-bond acceptors (Lipinski definition) is 6. The maximum absolute atomic E-state index is 13.7. The first kappa shape index (κ1) is 24.8. The molecule has 3 aromatic rings. The number of ether oxygens (including phenoxy) is 3. The Labute approximate surface area is 210 Å². The second-order valence-electron chi connectivity index (χ2n) is 8.29. The predicted octanol–water partition coefficient (Wildman–Crippen LogP) is 3.73. The highest BCUT2D eigenvalue weighted by atomic mass is 16.5. The van der Waals surface area contributed by atoms with E-state index in [1.54, 1.807) is 49.6 Å². The van der Waals surface area contributed by atoms with Crippen LogP contribution in [0.2, 0.25) is 0 Å². The molecule has 0 aliphatic carbocycles. The van der Waals surface area contributed by atoms with Gasteiger partial charge < -0.3 is 19.1 Å². The SMILES string of the molecule is COc1ccc(N2C(=O)CC(N(CCc3ccccc3)C(=O)c3ccc(OC)c(OC)c3)C2=O)cc1. The second kappa shape index (κ2) is 10.9. The minimum absolute atomic E-state index is 0.0985. The lowest BCUT2D eigenvalue weighted by Gasteiger charge is -2.28. The highest BCUT2D eigenvalue weighted by Crippen LogP contribution is 2.31. The Bertz CT molecular complexity index is 1240. The first-order chi connectivity index (χ1) is 17.5. The number of benzene rings is 3. The quantitative estimate of drug-likeness (QED) is 0.427. The van der Waals surface area contributed by atoms with Gasteiger partial charge in [-0.3, -0.25) is 14.4 Å². The van der Waals surface area contributed by atoms with Crippen molar-refractivity contribution in [1.29, 1.82) is 0 Å². The summed E-state index contributed by atoms with van der Waals surface area (Å²) in [6.45, 7) is 0.261. The van der Waals surface area contributed by atoms with Gasteiger partial charge in [-0.2, -0.15) is 0 Å². The summed E-state index contributed by atoms with van der Waals surface area (Å²) in [7, 11) is 4.55. The van der Waals surface area contributed by atoms with Crippen LogP contribution in [0.3, 0.4) is 0 Å². The number of imide groups is 1. The molecular formula is C28H28N2O6. The van der Waals surface area contributed by atoms with E-state index in [1.807, 2.05) is 30.3 Å². The number of carbonyl (C=O) groups is 3. The molecule has 8 nitrogen and oxygen atoms in total. The Morgan fingerprint density at radius 3 is 2.22 bits per heavy atom. The van der Waals surface area contributed by atoms with Gasteiger partial charge in [-0.15, -0.1) is 0 Å². The Morgan fingerprint density at radius 2 is 1.58 bits per heavy atom. The summed E-state index contributed by atoms with van der Waals surface area (Å²) in [4.78, 5) is 42.8. The molecule has 0 N–H and O–H groups in total. The summed E-state index contributed by atoms with van der Waals surface area (Å²) in [5.74, 6) is 0.340. The predicted molar refractivity (Wildman–Crippen MR) is 135 cm³/mol. The van der Waals surface area contributed by atoms with Crippen molar-refractivity contribution in [3.05, 3.63) is 83.9 Å². The molecule has 3 aromatic carbocycles. The van der Waals surface area contributed by atoms with Crippen molar-refractivity contribution >= 4 is 23.4 Å². The number of carbonyl (C=O) groups excluding carboxylic acids is 3. The summed E-state index contributed by atoms with van der Waals surface area (Å²) >= 11 is 0. The number of methoxy groups -OCH3 is 3. The van der Waals surface area contributed by atoms with Gasteiger partial charge in [-0.25, -0.2) is 4.90 Å². The fraction of sp³-hybridized carbons (Fsp3) is 0.250. The summed E-state index contributed by atoms with van der Waals surface area (Å²) in [5.41, 5.74) is 1.80. The smallest absolute Gasteiger partial charge is 0.257 e. The van der Waals surface area contributed by atoms with E-state index in [2.05, 4.69) is 0 Å². The van der Waals surface area contributed by atoms with Crippen LogP contribution in [-0.2, 0) is 16.0 Å². The number of amides is 3. The molecule has 1 unspecified atom stereocenters. The third-order valence-electron chi connectivity index (χ3n) is 6.21. The van der Waals surface area contributed by atoms with Gasteiger partial charge in [0, 0.05) is 12.1 Å². The number of hydrogen-bond donors (Lipinski definition) is 0. The van der Waals surface area contributed by atoms with Gasteiger partial charge in [0.05, 0.1) is 33.4 Å². The highest BCUT2D eigenvalue weighted by molar-refractivity contribution is 6.23. The third kappa shape index (κ3) is 5.02. The molecule has 8 heteroatoms. The van der Waals surface area contributed by atoms with Crippen molar-refractivity contribution in [2.45, 2.75) is 18.9 Å². The molecule has 186 valence electrons. The van der Waals surface area contributed by atoms with Crippen LogP contribution in [0.25, 0.3) is 0 Å². The molecule has 1 aliphatic rings. The highest BCUT2D eigenvalue weighted by Gasteiger charge is 2.44. The maximum Gasteiger partial charge on any atom is 0.257 e. The Morgan fingerprint density at radius 1 is 0.889 bits per heavy atom. The van der Waals surface area contributed by atoms with Gasteiger partial charge in [0.25, 0.3) is 11.8 Å². The molecule has 1 aliphatic heterocycles. The zero-order valence-electron chi connectivity index (χ0n) is 20.5. The molecule has 4 rings (SSSR count). The van der Waals surface area contributed by atoms with Crippen molar-refractivity contribution < 1.29 is 28.6 Å². The van der Waals surface area contributed by atoms with E-state index in [1.165, 1.54) is 19.1 Å². The van der Waals surface area contributed by atoms with Crippen molar-refractivity contribution in [3.63, 3.8) is 0 Å². The van der Waals surface area contributed by atoms with Crippen molar-refractivity contribution in [3.8, 4) is 17.2 Å². The van der Waals surface area contributed by atoms with Gasteiger partial charge in [0.2, 0.25) is 5.91 Å². The van der Waals surface area contributed by atoms with Gasteiger partial charge in [-0.05, 0) is 54.4 Å². The van der Waals surface area contributed by atoms with Crippen LogP contribution in [0.4, 0.5) is 5.69 Å². The molecule has 1 fully saturated rings. The van der Waals surface area contributed by atoms with Crippen molar-refractivity contribution in [1.82, 2.24) is 4.90 Å². The third-order valence-corrected chi connectivity index (χ3v) is 6.21. The van der Waals surface area contributed by atoms with Gasteiger partial charge in [0.15, 0.2) is 11.5 Å². The van der Waals surface area contributed by atoms with Crippen molar-refractivity contribution in [2.75, 3.05) is 32.8 Å². The molecule has 0 spiro atoms. The minimum Gasteiger partial charge on any atom is -0.497 e. The molecule has 1 heterocycles. The standard InChI is InChI=1S/C28H28N2O6/c1-34-22-12-10-21(11-13-22)30-26(31)18-23(28(30)33)29(16-15-19-7-5-4-6-8-19)27(32)20-9-14-24(35-2)25(17-20)36-3/h4-14,17,23H,15-16,18H2,1-3H3. The fourth-order valence-corrected chi connectivity index (χ4v) is 4.29. The lowest BCUT2D eigenvalue weighted by atomic mass is 10.1. The van der Waals surface area contributed by atoms with Crippen LogP contribution in [0.1, 0.15) is 22.3 Å². The molecule has 0 radical (unpaired) electrons. The molecule has 0 saturated carbocycles. The summed E-state index contributed by atoms with van der Waals surface area (Å²) < 4.78 is 15.8. The molecule has 0 bridgehead atoms. The molecule has 36 heavy (non-hydrogen) atoms. The van der Waals surface area contributed by atoms with E-state index in [-0.39, 0.29) is 24.8 Å². The fourth-order valence-electron chi connectivity index (χ4n) is 4.29. The summed E-state index contributed by atoms with van der Waals surface area (Å²) in [6, 6.07) is 20.3. The molecule has 0 aromatic heterocycles. The average molecular weight is 489 g/mol. The van der Waals surface area contributed by atoms with Gasteiger partial charge >= 0.3 is 0 Å². The van der Waals surface area contributed by atoms with E-state index in [0.29, 0.717) is 34.9 Å². The monoisotopic (exact) mass is 488 g/mol. The normalized spacial score (nSPS) is 15.1. The first-order valence-electron chi connectivity index (χ1n) is 11.5. The van der Waals surface area contributed by atoms with Crippen LogP contribution in [-0.4, -0.2) is 56.5 Å². The molecular weight excluding hydrogens is 460 g/mol. The number of rotatable bonds is 9. The maximum atomic E-state index is 13.7. The van der Waals surface area contributed by atoms with Crippen LogP contribution in [0.15, 0.2) is 72.8 Å². The zero-order chi connectivity index (χ0) is 25.7. The van der Waals surface area contributed by atoms with Gasteiger partial charge in [-0.1, -0.05) is 30.3 Å². The van der Waals surface area contributed by atoms with Crippen LogP contribution < -0.4 is 19.1 Å².